The van der Waals surface area contributed by atoms with Crippen molar-refractivity contribution in [3.63, 3.8) is 0 Å². The van der Waals surface area contributed by atoms with Gasteiger partial charge in [0.25, 0.3) is 5.91 Å². The van der Waals surface area contributed by atoms with Crippen molar-refractivity contribution in [2.24, 2.45) is 5.92 Å². The third kappa shape index (κ3) is 3.11. The topological polar surface area (TPSA) is 67.2 Å². The van der Waals surface area contributed by atoms with Crippen LogP contribution in [0.3, 0.4) is 0 Å². The molecular weight excluding hydrogens is 292 g/mol. The summed E-state index contributed by atoms with van der Waals surface area (Å²) in [5.41, 5.74) is 1.52. The SMILES string of the molecule is CC(C)CN1C(=O)CNC(=O)c2c1ncn2Cc1ccccc1. The lowest BCUT2D eigenvalue weighted by molar-refractivity contribution is -0.117. The molecule has 1 N–H and O–H groups in total. The van der Waals surface area contributed by atoms with Crippen LogP contribution in [-0.2, 0) is 11.3 Å². The van der Waals surface area contributed by atoms with Gasteiger partial charge < -0.3 is 9.88 Å². The van der Waals surface area contributed by atoms with Gasteiger partial charge in [0.05, 0.1) is 12.9 Å². The van der Waals surface area contributed by atoms with E-state index in [4.69, 9.17) is 0 Å². The Balaban J connectivity index is 1.99. The number of fused-ring (bicyclic) bond motifs is 1. The van der Waals surface area contributed by atoms with Crippen molar-refractivity contribution in [1.29, 1.82) is 0 Å². The second-order valence-electron chi connectivity index (χ2n) is 6.11. The first kappa shape index (κ1) is 15.3. The first-order valence-electron chi connectivity index (χ1n) is 7.74. The van der Waals surface area contributed by atoms with Crippen molar-refractivity contribution in [3.8, 4) is 0 Å². The quantitative estimate of drug-likeness (QED) is 0.933. The molecule has 0 saturated carbocycles. The van der Waals surface area contributed by atoms with E-state index in [0.717, 1.165) is 5.56 Å². The van der Waals surface area contributed by atoms with Crippen LogP contribution in [-0.4, -0.2) is 34.5 Å². The fourth-order valence-corrected chi connectivity index (χ4v) is 2.71. The summed E-state index contributed by atoms with van der Waals surface area (Å²) in [6.45, 7) is 5.17. The molecule has 0 unspecified atom stereocenters. The summed E-state index contributed by atoms with van der Waals surface area (Å²) in [5.74, 6) is 0.359. The van der Waals surface area contributed by atoms with Crippen molar-refractivity contribution in [1.82, 2.24) is 14.9 Å². The molecule has 0 fully saturated rings. The van der Waals surface area contributed by atoms with Crippen molar-refractivity contribution >= 4 is 17.6 Å². The van der Waals surface area contributed by atoms with E-state index in [0.29, 0.717) is 30.5 Å². The highest BCUT2D eigenvalue weighted by molar-refractivity contribution is 6.07. The molecule has 0 radical (unpaired) electrons. The molecule has 0 saturated heterocycles. The molecule has 2 amide bonds. The molecule has 1 aromatic carbocycles. The standard InChI is InChI=1S/C17H20N4O2/c1-12(2)9-21-14(22)8-18-17(23)15-16(21)19-11-20(15)10-13-6-4-3-5-7-13/h3-7,11-12H,8-10H2,1-2H3,(H,18,23). The lowest BCUT2D eigenvalue weighted by atomic mass is 10.2. The largest absolute Gasteiger partial charge is 0.342 e. The second-order valence-corrected chi connectivity index (χ2v) is 6.11. The molecule has 0 atom stereocenters. The van der Waals surface area contributed by atoms with Gasteiger partial charge in [-0.25, -0.2) is 4.98 Å². The smallest absolute Gasteiger partial charge is 0.272 e. The Labute approximate surface area is 135 Å². The average Bonchev–Trinajstić information content (AvgIpc) is 2.89. The molecule has 120 valence electrons. The minimum absolute atomic E-state index is 0.00719. The summed E-state index contributed by atoms with van der Waals surface area (Å²) in [6.07, 6.45) is 1.63. The van der Waals surface area contributed by atoms with Crippen LogP contribution in [0.5, 0.6) is 0 Å². The van der Waals surface area contributed by atoms with Gasteiger partial charge in [-0.2, -0.15) is 0 Å². The fourth-order valence-electron chi connectivity index (χ4n) is 2.71. The zero-order valence-electron chi connectivity index (χ0n) is 13.3. The Morgan fingerprint density at radius 2 is 1.96 bits per heavy atom. The highest BCUT2D eigenvalue weighted by Gasteiger charge is 2.31. The van der Waals surface area contributed by atoms with Crippen LogP contribution in [0.15, 0.2) is 36.7 Å². The lowest BCUT2D eigenvalue weighted by Crippen LogP contribution is -2.38. The first-order chi connectivity index (χ1) is 11.1. The van der Waals surface area contributed by atoms with E-state index < -0.39 is 0 Å². The number of amides is 2. The highest BCUT2D eigenvalue weighted by Crippen LogP contribution is 2.23. The number of carbonyl (C=O) groups excluding carboxylic acids is 2. The molecule has 2 aromatic rings. The van der Waals surface area contributed by atoms with Gasteiger partial charge in [-0.05, 0) is 11.5 Å². The zero-order valence-corrected chi connectivity index (χ0v) is 13.3. The maximum absolute atomic E-state index is 12.4. The summed E-state index contributed by atoms with van der Waals surface area (Å²) in [5, 5.41) is 2.68. The number of anilines is 1. The third-order valence-electron chi connectivity index (χ3n) is 3.73. The van der Waals surface area contributed by atoms with Gasteiger partial charge in [0.2, 0.25) is 5.91 Å². The summed E-state index contributed by atoms with van der Waals surface area (Å²) in [7, 11) is 0. The molecule has 6 heteroatoms. The Hall–Kier alpha value is -2.63. The maximum atomic E-state index is 12.4. The van der Waals surface area contributed by atoms with Gasteiger partial charge >= 0.3 is 0 Å². The zero-order chi connectivity index (χ0) is 16.4. The first-order valence-corrected chi connectivity index (χ1v) is 7.74. The minimum Gasteiger partial charge on any atom is -0.342 e. The molecule has 1 aliphatic rings. The van der Waals surface area contributed by atoms with Crippen LogP contribution in [0.4, 0.5) is 5.82 Å². The molecule has 23 heavy (non-hydrogen) atoms. The summed E-state index contributed by atoms with van der Waals surface area (Å²) in [6, 6.07) is 9.86. The number of hydrogen-bond acceptors (Lipinski definition) is 3. The number of hydrogen-bond donors (Lipinski definition) is 1. The van der Waals surface area contributed by atoms with Crippen LogP contribution in [0, 0.1) is 5.92 Å². The molecule has 0 bridgehead atoms. The summed E-state index contributed by atoms with van der Waals surface area (Å²) in [4.78, 5) is 30.7. The van der Waals surface area contributed by atoms with Crippen molar-refractivity contribution in [2.45, 2.75) is 20.4 Å². The number of nitrogens with one attached hydrogen (secondary N) is 1. The summed E-state index contributed by atoms with van der Waals surface area (Å²) >= 11 is 0. The predicted molar refractivity (Wildman–Crippen MR) is 87.3 cm³/mol. The molecule has 6 nitrogen and oxygen atoms in total. The van der Waals surface area contributed by atoms with E-state index in [2.05, 4.69) is 10.3 Å². The van der Waals surface area contributed by atoms with E-state index in [9.17, 15) is 9.59 Å². The van der Waals surface area contributed by atoms with Crippen molar-refractivity contribution < 1.29 is 9.59 Å². The van der Waals surface area contributed by atoms with Crippen LogP contribution in [0.2, 0.25) is 0 Å². The van der Waals surface area contributed by atoms with E-state index >= 15 is 0 Å². The Kier molecular flexibility index (Phi) is 4.14. The number of carbonyl (C=O) groups is 2. The van der Waals surface area contributed by atoms with E-state index in [1.807, 2.05) is 44.2 Å². The fraction of sp³-hybridized carbons (Fsp3) is 0.353. The van der Waals surface area contributed by atoms with Crippen molar-refractivity contribution in [3.05, 3.63) is 47.9 Å². The van der Waals surface area contributed by atoms with E-state index in [1.165, 1.54) is 0 Å². The maximum Gasteiger partial charge on any atom is 0.272 e. The molecule has 1 aliphatic heterocycles. The number of aromatic nitrogens is 2. The second kappa shape index (κ2) is 6.24. The molecular formula is C17H20N4O2. The Morgan fingerprint density at radius 1 is 1.22 bits per heavy atom. The van der Waals surface area contributed by atoms with Crippen LogP contribution >= 0.6 is 0 Å². The number of imidazole rings is 1. The van der Waals surface area contributed by atoms with Gasteiger partial charge in [0.15, 0.2) is 11.5 Å². The Morgan fingerprint density at radius 3 is 2.65 bits per heavy atom. The normalized spacial score (nSPS) is 14.7. The molecule has 3 rings (SSSR count). The van der Waals surface area contributed by atoms with Gasteiger partial charge in [-0.15, -0.1) is 0 Å². The highest BCUT2D eigenvalue weighted by atomic mass is 16.2. The molecule has 1 aromatic heterocycles. The summed E-state index contributed by atoms with van der Waals surface area (Å²) < 4.78 is 1.80. The van der Waals surface area contributed by atoms with Gasteiger partial charge in [0, 0.05) is 13.1 Å². The van der Waals surface area contributed by atoms with Gasteiger partial charge in [-0.1, -0.05) is 44.2 Å². The lowest BCUT2D eigenvalue weighted by Gasteiger charge is -2.21. The molecule has 0 aliphatic carbocycles. The number of benzene rings is 1. The third-order valence-corrected chi connectivity index (χ3v) is 3.73. The van der Waals surface area contributed by atoms with Crippen LogP contribution in [0.1, 0.15) is 29.9 Å². The minimum atomic E-state index is -0.256. The molecule has 0 spiro atoms. The van der Waals surface area contributed by atoms with Crippen molar-refractivity contribution in [2.75, 3.05) is 18.0 Å². The average molecular weight is 312 g/mol. The van der Waals surface area contributed by atoms with E-state index in [1.54, 1.807) is 15.8 Å². The predicted octanol–water partition coefficient (Wildman–Crippen LogP) is 1.66. The van der Waals surface area contributed by atoms with Gasteiger partial charge in [-0.3, -0.25) is 14.5 Å². The number of rotatable bonds is 4. The molecule has 2 heterocycles. The van der Waals surface area contributed by atoms with E-state index in [-0.39, 0.29) is 18.4 Å². The van der Waals surface area contributed by atoms with Gasteiger partial charge in [0.1, 0.15) is 0 Å². The number of nitrogens with zero attached hydrogens (tertiary/aromatic N) is 3. The Bertz CT molecular complexity index is 721. The van der Waals surface area contributed by atoms with Crippen LogP contribution < -0.4 is 10.2 Å². The van der Waals surface area contributed by atoms with Crippen LogP contribution in [0.25, 0.3) is 0 Å². The monoisotopic (exact) mass is 312 g/mol.